The Morgan fingerprint density at radius 2 is 1.93 bits per heavy atom. The molecule has 1 aliphatic rings. The number of hydrogen-bond donors (Lipinski definition) is 1. The SMILES string of the molecule is CC(OC1=c2ccccc2=IN(O)C=C1)c1cn(-c2ccc(Cl)cc2)nn1. The van der Waals surface area contributed by atoms with E-state index in [1.807, 2.05) is 61.7 Å². The van der Waals surface area contributed by atoms with Crippen molar-refractivity contribution in [2.24, 2.45) is 0 Å². The molecule has 3 aromatic rings. The standard InChI is InChI=1S/C19H16ClIN4O2/c1-13(18-12-24(23-22-18)15-8-6-14(20)7-9-15)27-19-10-11-25(26)21-17-5-3-2-4-16(17)19/h2-13,26H,1H3. The molecule has 1 aromatic heterocycles. The van der Waals surface area contributed by atoms with Crippen molar-refractivity contribution >= 4 is 38.4 Å². The molecule has 2 heterocycles. The van der Waals surface area contributed by atoms with Gasteiger partial charge in [-0.05, 0) is 37.3 Å². The van der Waals surface area contributed by atoms with Gasteiger partial charge in [-0.25, -0.2) is 7.96 Å². The second kappa shape index (κ2) is 7.79. The van der Waals surface area contributed by atoms with E-state index in [4.69, 9.17) is 16.3 Å². The summed E-state index contributed by atoms with van der Waals surface area (Å²) in [7, 11) is 0. The van der Waals surface area contributed by atoms with Gasteiger partial charge in [0.05, 0.1) is 11.9 Å². The van der Waals surface area contributed by atoms with Crippen molar-refractivity contribution in [2.75, 3.05) is 0 Å². The zero-order valence-corrected chi connectivity index (χ0v) is 17.2. The summed E-state index contributed by atoms with van der Waals surface area (Å²) in [5.41, 5.74) is 1.58. The van der Waals surface area contributed by atoms with E-state index in [2.05, 4.69) is 10.3 Å². The fourth-order valence-electron chi connectivity index (χ4n) is 2.61. The number of ether oxygens (including phenoxy) is 1. The van der Waals surface area contributed by atoms with Crippen LogP contribution in [0.15, 0.2) is 67.0 Å². The minimum Gasteiger partial charge on any atom is -0.484 e. The lowest BCUT2D eigenvalue weighted by molar-refractivity contribution is 0.0922. The highest BCUT2D eigenvalue weighted by molar-refractivity contribution is 14.1. The smallest absolute Gasteiger partial charge is 0.141 e. The van der Waals surface area contributed by atoms with Crippen molar-refractivity contribution in [1.29, 1.82) is 0 Å². The average molecular weight is 495 g/mol. The minimum atomic E-state index is -0.675. The first kappa shape index (κ1) is 18.1. The average Bonchev–Trinajstić information content (AvgIpc) is 3.10. The van der Waals surface area contributed by atoms with Gasteiger partial charge in [-0.2, -0.15) is 0 Å². The Kier molecular flexibility index (Phi) is 5.24. The fraction of sp³-hybridized carbons (Fsp3) is 0.105. The molecule has 2 aromatic carbocycles. The Labute approximate surface area is 171 Å². The quantitative estimate of drug-likeness (QED) is 0.436. The highest BCUT2D eigenvalue weighted by Gasteiger charge is 2.15. The Morgan fingerprint density at radius 1 is 1.15 bits per heavy atom. The predicted octanol–water partition coefficient (Wildman–Crippen LogP) is 4.16. The number of hydrogen-bond acceptors (Lipinski definition) is 5. The molecule has 0 spiro atoms. The second-order valence-electron chi connectivity index (χ2n) is 5.86. The molecule has 138 valence electrons. The molecule has 0 amide bonds. The third-order valence-electron chi connectivity index (χ3n) is 3.99. The van der Waals surface area contributed by atoms with Crippen LogP contribution in [0, 0.1) is 3.15 Å². The van der Waals surface area contributed by atoms with Gasteiger partial charge in [-0.3, -0.25) is 5.21 Å². The first-order valence-corrected chi connectivity index (χ1v) is 10.6. The van der Waals surface area contributed by atoms with Gasteiger partial charge in [-0.1, -0.05) is 35.0 Å². The molecule has 1 aliphatic heterocycles. The highest BCUT2D eigenvalue weighted by atomic mass is 127. The van der Waals surface area contributed by atoms with Crippen molar-refractivity contribution in [3.05, 3.63) is 86.1 Å². The molecular formula is C19H16ClIN4O2. The third kappa shape index (κ3) is 4.05. The van der Waals surface area contributed by atoms with Crippen LogP contribution in [0.2, 0.25) is 5.02 Å². The minimum absolute atomic E-state index is 0.304. The maximum Gasteiger partial charge on any atom is 0.141 e. The summed E-state index contributed by atoms with van der Waals surface area (Å²) in [6, 6.07) is 15.3. The van der Waals surface area contributed by atoms with Crippen LogP contribution in [0.4, 0.5) is 0 Å². The molecule has 0 fully saturated rings. The molecule has 8 heteroatoms. The predicted molar refractivity (Wildman–Crippen MR) is 111 cm³/mol. The summed E-state index contributed by atoms with van der Waals surface area (Å²) >= 11 is 5.26. The molecule has 4 rings (SSSR count). The third-order valence-corrected chi connectivity index (χ3v) is 6.52. The van der Waals surface area contributed by atoms with E-state index in [1.165, 1.54) is 3.28 Å². The van der Waals surface area contributed by atoms with Crippen LogP contribution in [-0.2, 0) is 4.74 Å². The lowest BCUT2D eigenvalue weighted by Gasteiger charge is -2.13. The van der Waals surface area contributed by atoms with Crippen molar-refractivity contribution in [3.8, 4) is 5.69 Å². The molecule has 27 heavy (non-hydrogen) atoms. The first-order valence-electron chi connectivity index (χ1n) is 8.23. The van der Waals surface area contributed by atoms with E-state index in [9.17, 15) is 5.21 Å². The van der Waals surface area contributed by atoms with Crippen LogP contribution < -0.4 is 5.22 Å². The molecule has 1 atom stereocenters. The summed E-state index contributed by atoms with van der Waals surface area (Å²) in [4.78, 5) is 0. The van der Waals surface area contributed by atoms with Crippen LogP contribution in [0.25, 0.3) is 11.4 Å². The van der Waals surface area contributed by atoms with E-state index in [0.29, 0.717) is 16.5 Å². The first-order chi connectivity index (χ1) is 13.1. The Morgan fingerprint density at radius 3 is 2.74 bits per heavy atom. The number of hydroxylamine groups is 1. The lowest BCUT2D eigenvalue weighted by Crippen LogP contribution is -2.10. The number of aromatic nitrogens is 3. The van der Waals surface area contributed by atoms with Crippen molar-refractivity contribution in [1.82, 2.24) is 18.3 Å². The summed E-state index contributed by atoms with van der Waals surface area (Å²) in [6.45, 7) is 1.93. The van der Waals surface area contributed by atoms with Gasteiger partial charge >= 0.3 is 0 Å². The van der Waals surface area contributed by atoms with E-state index >= 15 is 0 Å². The van der Waals surface area contributed by atoms with Gasteiger partial charge in [0.1, 0.15) is 17.6 Å². The fourth-order valence-corrected chi connectivity index (χ4v) is 4.67. The van der Waals surface area contributed by atoms with Crippen molar-refractivity contribution < 1.29 is 9.94 Å². The summed E-state index contributed by atoms with van der Waals surface area (Å²) in [5.74, 6) is 0.704. The van der Waals surface area contributed by atoms with Gasteiger partial charge in [0.15, 0.2) is 0 Å². The van der Waals surface area contributed by atoms with E-state index in [1.54, 1.807) is 17.0 Å². The Bertz CT molecular complexity index is 1110. The molecule has 1 N–H and O–H groups in total. The Hall–Kier alpha value is -2.23. The number of halogens is 2. The maximum atomic E-state index is 9.95. The summed E-state index contributed by atoms with van der Waals surface area (Å²) < 4.78 is 10.2. The van der Waals surface area contributed by atoms with Gasteiger partial charge in [0.25, 0.3) is 0 Å². The number of rotatable bonds is 4. The molecule has 0 saturated carbocycles. The number of nitrogens with zero attached hydrogens (tertiary/aromatic N) is 4. The Balaban J connectivity index is 1.63. The van der Waals surface area contributed by atoms with E-state index in [0.717, 1.165) is 14.1 Å². The zero-order chi connectivity index (χ0) is 18.8. The second-order valence-corrected chi connectivity index (χ2v) is 8.93. The molecule has 1 unspecified atom stereocenters. The molecule has 0 aliphatic carbocycles. The van der Waals surface area contributed by atoms with Crippen LogP contribution in [0.1, 0.15) is 18.7 Å². The highest BCUT2D eigenvalue weighted by Crippen LogP contribution is 2.22. The van der Waals surface area contributed by atoms with Gasteiger partial charge < -0.3 is 4.74 Å². The van der Waals surface area contributed by atoms with Gasteiger partial charge in [0, 0.05) is 46.7 Å². The summed E-state index contributed by atoms with van der Waals surface area (Å²) in [6.07, 6.45) is 4.96. The maximum absolute atomic E-state index is 9.95. The van der Waals surface area contributed by atoms with Crippen LogP contribution in [-0.4, -0.2) is 23.5 Å². The zero-order valence-electron chi connectivity index (χ0n) is 14.3. The van der Waals surface area contributed by atoms with E-state index in [-0.39, 0.29) is 6.10 Å². The monoisotopic (exact) mass is 494 g/mol. The molecular weight excluding hydrogens is 479 g/mol. The van der Waals surface area contributed by atoms with Crippen LogP contribution >= 0.6 is 32.6 Å². The van der Waals surface area contributed by atoms with E-state index < -0.39 is 21.0 Å². The van der Waals surface area contributed by atoms with Crippen LogP contribution in [0.3, 0.4) is 0 Å². The largest absolute Gasteiger partial charge is 0.484 e. The van der Waals surface area contributed by atoms with Crippen molar-refractivity contribution in [3.63, 3.8) is 0 Å². The molecule has 6 nitrogen and oxygen atoms in total. The van der Waals surface area contributed by atoms with Crippen molar-refractivity contribution in [2.45, 2.75) is 13.0 Å². The normalized spacial score (nSPS) is 14.6. The number of benzene rings is 2. The molecule has 0 saturated heterocycles. The van der Waals surface area contributed by atoms with Gasteiger partial charge in [-0.15, -0.1) is 5.10 Å². The van der Waals surface area contributed by atoms with Crippen LogP contribution in [0.5, 0.6) is 0 Å². The summed E-state index contributed by atoms with van der Waals surface area (Å²) in [5, 5.41) is 20.0. The number of fused-ring (bicyclic) bond motifs is 1. The lowest BCUT2D eigenvalue weighted by atomic mass is 10.2. The molecule has 0 radical (unpaired) electrons. The topological polar surface area (TPSA) is 63.4 Å². The molecule has 0 bridgehead atoms. The van der Waals surface area contributed by atoms with Gasteiger partial charge in [0.2, 0.25) is 0 Å².